The number of anilines is 1. The first-order valence-electron chi connectivity index (χ1n) is 9.40. The summed E-state index contributed by atoms with van der Waals surface area (Å²) in [5.74, 6) is 0.168. The van der Waals surface area contributed by atoms with Gasteiger partial charge >= 0.3 is 0 Å². The van der Waals surface area contributed by atoms with Crippen molar-refractivity contribution < 1.29 is 14.3 Å². The van der Waals surface area contributed by atoms with E-state index in [1.807, 2.05) is 13.8 Å². The number of hydrogen-bond donors (Lipinski definition) is 2. The van der Waals surface area contributed by atoms with Gasteiger partial charge in [-0.1, -0.05) is 6.42 Å². The summed E-state index contributed by atoms with van der Waals surface area (Å²) in [4.78, 5) is 26.8. The monoisotopic (exact) mass is 399 g/mol. The zero-order valence-corrected chi connectivity index (χ0v) is 17.2. The molecule has 0 bridgehead atoms. The van der Waals surface area contributed by atoms with Gasteiger partial charge in [0, 0.05) is 16.2 Å². The molecule has 0 fully saturated rings. The van der Waals surface area contributed by atoms with Gasteiger partial charge in [0.05, 0.1) is 12.7 Å². The van der Waals surface area contributed by atoms with Crippen LogP contribution in [0.2, 0.25) is 0 Å². The van der Waals surface area contributed by atoms with E-state index < -0.39 is 0 Å². The first-order chi connectivity index (χ1) is 13.5. The number of thiophene rings is 1. The fourth-order valence-electron chi connectivity index (χ4n) is 3.21. The number of methoxy groups -OCH3 is 1. The topological polar surface area (TPSA) is 79.8 Å². The highest BCUT2D eigenvalue weighted by molar-refractivity contribution is 7.17. The Balaban J connectivity index is 1.91. The molecule has 2 aromatic rings. The second kappa shape index (κ2) is 9.01. The fourth-order valence-corrected chi connectivity index (χ4v) is 4.49. The van der Waals surface area contributed by atoms with Crippen LogP contribution in [-0.4, -0.2) is 24.6 Å². The maximum absolute atomic E-state index is 12.8. The number of carbonyl (C=O) groups excluding carboxylic acids is 2. The van der Waals surface area contributed by atoms with Crippen molar-refractivity contribution in [2.75, 3.05) is 12.4 Å². The van der Waals surface area contributed by atoms with Crippen molar-refractivity contribution in [3.05, 3.63) is 45.8 Å². The Morgan fingerprint density at radius 3 is 2.43 bits per heavy atom. The van der Waals surface area contributed by atoms with E-state index in [-0.39, 0.29) is 11.8 Å². The van der Waals surface area contributed by atoms with Crippen LogP contribution < -0.4 is 15.5 Å². The minimum Gasteiger partial charge on any atom is -0.497 e. The predicted molar refractivity (Wildman–Crippen MR) is 113 cm³/mol. The SMILES string of the molecule is COc1ccc(C(=O)Nc2sc3c(c2C(=O)NN=C(C)C)CCCCC3)cc1. The van der Waals surface area contributed by atoms with E-state index in [0.717, 1.165) is 43.4 Å². The van der Waals surface area contributed by atoms with Gasteiger partial charge in [-0.2, -0.15) is 5.10 Å². The normalized spacial score (nSPS) is 13.1. The lowest BCUT2D eigenvalue weighted by molar-refractivity contribution is 0.0955. The second-order valence-corrected chi connectivity index (χ2v) is 8.06. The molecule has 148 valence electrons. The first kappa shape index (κ1) is 20.1. The Hall–Kier alpha value is -2.67. The van der Waals surface area contributed by atoms with Crippen molar-refractivity contribution >= 4 is 33.9 Å². The quantitative estimate of drug-likeness (QED) is 0.444. The molecule has 1 aromatic heterocycles. The molecule has 1 aliphatic carbocycles. The Kier molecular flexibility index (Phi) is 6.46. The highest BCUT2D eigenvalue weighted by Gasteiger charge is 2.26. The summed E-state index contributed by atoms with van der Waals surface area (Å²) in [7, 11) is 1.58. The molecule has 1 aliphatic rings. The van der Waals surface area contributed by atoms with E-state index >= 15 is 0 Å². The van der Waals surface area contributed by atoms with Crippen molar-refractivity contribution in [2.45, 2.75) is 46.0 Å². The summed E-state index contributed by atoms with van der Waals surface area (Å²) in [6, 6.07) is 6.89. The van der Waals surface area contributed by atoms with Crippen molar-refractivity contribution in [1.82, 2.24) is 5.43 Å². The summed E-state index contributed by atoms with van der Waals surface area (Å²) in [6.45, 7) is 3.64. The number of carbonyl (C=O) groups is 2. The van der Waals surface area contributed by atoms with Crippen LogP contribution in [0.25, 0.3) is 0 Å². The molecule has 0 saturated carbocycles. The fraction of sp³-hybridized carbons (Fsp3) is 0.381. The lowest BCUT2D eigenvalue weighted by Gasteiger charge is -2.09. The molecule has 0 unspecified atom stereocenters. The van der Waals surface area contributed by atoms with Gasteiger partial charge in [-0.05, 0) is 69.4 Å². The van der Waals surface area contributed by atoms with E-state index in [4.69, 9.17) is 4.74 Å². The summed E-state index contributed by atoms with van der Waals surface area (Å²) in [5, 5.41) is 7.58. The molecule has 3 rings (SSSR count). The van der Waals surface area contributed by atoms with Gasteiger partial charge in [-0.3, -0.25) is 9.59 Å². The van der Waals surface area contributed by atoms with Crippen LogP contribution in [0.4, 0.5) is 5.00 Å². The Bertz CT molecular complexity index is 896. The van der Waals surface area contributed by atoms with Crippen LogP contribution in [0.5, 0.6) is 5.75 Å². The summed E-state index contributed by atoms with van der Waals surface area (Å²) in [6.07, 6.45) is 5.09. The van der Waals surface area contributed by atoms with Crippen LogP contribution in [-0.2, 0) is 12.8 Å². The highest BCUT2D eigenvalue weighted by atomic mass is 32.1. The minimum absolute atomic E-state index is 0.247. The van der Waals surface area contributed by atoms with Gasteiger partial charge in [-0.15, -0.1) is 11.3 Å². The van der Waals surface area contributed by atoms with Gasteiger partial charge in [0.15, 0.2) is 0 Å². The molecule has 0 atom stereocenters. The van der Waals surface area contributed by atoms with E-state index in [2.05, 4.69) is 15.8 Å². The average Bonchev–Trinajstić information content (AvgIpc) is 2.86. The van der Waals surface area contributed by atoms with Crippen LogP contribution in [0.1, 0.15) is 64.3 Å². The number of hydrogen-bond acceptors (Lipinski definition) is 5. The third-order valence-corrected chi connectivity index (χ3v) is 5.82. The maximum Gasteiger partial charge on any atom is 0.274 e. The number of amides is 2. The second-order valence-electron chi connectivity index (χ2n) is 6.95. The lowest BCUT2D eigenvalue weighted by Crippen LogP contribution is -2.22. The van der Waals surface area contributed by atoms with Crippen LogP contribution in [0.3, 0.4) is 0 Å². The number of fused-ring (bicyclic) bond motifs is 1. The number of nitrogens with zero attached hydrogens (tertiary/aromatic N) is 1. The smallest absolute Gasteiger partial charge is 0.274 e. The molecule has 7 heteroatoms. The molecule has 2 N–H and O–H groups in total. The first-order valence-corrected chi connectivity index (χ1v) is 10.2. The summed E-state index contributed by atoms with van der Waals surface area (Å²) >= 11 is 1.50. The number of ether oxygens (including phenoxy) is 1. The van der Waals surface area contributed by atoms with Gasteiger partial charge in [-0.25, -0.2) is 5.43 Å². The summed E-state index contributed by atoms with van der Waals surface area (Å²) < 4.78 is 5.14. The maximum atomic E-state index is 12.8. The van der Waals surface area contributed by atoms with E-state index in [1.165, 1.54) is 16.2 Å². The summed E-state index contributed by atoms with van der Waals surface area (Å²) in [5.41, 5.74) is 5.49. The van der Waals surface area contributed by atoms with Crippen LogP contribution in [0, 0.1) is 0 Å². The van der Waals surface area contributed by atoms with E-state index in [9.17, 15) is 9.59 Å². The van der Waals surface area contributed by atoms with Crippen molar-refractivity contribution in [2.24, 2.45) is 5.10 Å². The largest absolute Gasteiger partial charge is 0.497 e. The van der Waals surface area contributed by atoms with Crippen molar-refractivity contribution in [1.29, 1.82) is 0 Å². The molecule has 28 heavy (non-hydrogen) atoms. The molecule has 0 saturated heterocycles. The van der Waals surface area contributed by atoms with E-state index in [0.29, 0.717) is 21.9 Å². The van der Waals surface area contributed by atoms with Gasteiger partial charge in [0.1, 0.15) is 10.8 Å². The zero-order chi connectivity index (χ0) is 20.1. The number of benzene rings is 1. The molecule has 1 aromatic carbocycles. The molecule has 6 nitrogen and oxygen atoms in total. The van der Waals surface area contributed by atoms with Crippen molar-refractivity contribution in [3.63, 3.8) is 0 Å². The Morgan fingerprint density at radius 2 is 1.75 bits per heavy atom. The number of rotatable bonds is 5. The lowest BCUT2D eigenvalue weighted by atomic mass is 10.0. The molecule has 0 aliphatic heterocycles. The molecule has 2 amide bonds. The van der Waals surface area contributed by atoms with Crippen LogP contribution in [0.15, 0.2) is 29.4 Å². The number of hydrazone groups is 1. The standard InChI is InChI=1S/C21H25N3O3S/c1-13(2)23-24-20(26)18-16-7-5-4-6-8-17(16)28-21(18)22-19(25)14-9-11-15(27-3)12-10-14/h9-12H,4-8H2,1-3H3,(H,22,25)(H,24,26). The zero-order valence-electron chi connectivity index (χ0n) is 16.4. The van der Waals surface area contributed by atoms with Gasteiger partial charge in [0.2, 0.25) is 0 Å². The Labute approximate surface area is 169 Å². The minimum atomic E-state index is -0.273. The molecule has 1 heterocycles. The Morgan fingerprint density at radius 1 is 1.04 bits per heavy atom. The number of nitrogens with one attached hydrogen (secondary N) is 2. The van der Waals surface area contributed by atoms with Crippen molar-refractivity contribution in [3.8, 4) is 5.75 Å². The molecule has 0 radical (unpaired) electrons. The van der Waals surface area contributed by atoms with E-state index in [1.54, 1.807) is 31.4 Å². The molecule has 0 spiro atoms. The number of aryl methyl sites for hydroxylation is 1. The van der Waals surface area contributed by atoms with Gasteiger partial charge < -0.3 is 10.1 Å². The van der Waals surface area contributed by atoms with Gasteiger partial charge in [0.25, 0.3) is 11.8 Å². The molecular formula is C21H25N3O3S. The predicted octanol–water partition coefficient (Wildman–Crippen LogP) is 4.40. The average molecular weight is 400 g/mol. The molecular weight excluding hydrogens is 374 g/mol. The van der Waals surface area contributed by atoms with Crippen LogP contribution >= 0.6 is 11.3 Å². The third-order valence-electron chi connectivity index (χ3n) is 4.61. The highest BCUT2D eigenvalue weighted by Crippen LogP contribution is 2.37. The third kappa shape index (κ3) is 4.59.